The van der Waals surface area contributed by atoms with E-state index in [-0.39, 0.29) is 0 Å². The molecular formula is C15H22BrNO2. The molecule has 1 heterocycles. The number of hydrogen-bond acceptors (Lipinski definition) is 3. The van der Waals surface area contributed by atoms with Crippen molar-refractivity contribution in [3.05, 3.63) is 28.2 Å². The molecule has 0 radical (unpaired) electrons. The van der Waals surface area contributed by atoms with Crippen LogP contribution < -0.4 is 4.74 Å². The second-order valence-corrected chi connectivity index (χ2v) is 5.91. The van der Waals surface area contributed by atoms with E-state index in [0.717, 1.165) is 49.3 Å². The molecule has 0 aromatic heterocycles. The first-order valence-corrected chi connectivity index (χ1v) is 7.62. The summed E-state index contributed by atoms with van der Waals surface area (Å²) in [6, 6.07) is 6.18. The van der Waals surface area contributed by atoms with Crippen LogP contribution in [0.5, 0.6) is 5.75 Å². The number of likely N-dealkylation sites (tertiary alicyclic amines) is 1. The summed E-state index contributed by atoms with van der Waals surface area (Å²) in [4.78, 5) is 2.44. The lowest BCUT2D eigenvalue weighted by atomic mass is 10.1. The molecule has 1 aromatic rings. The molecule has 1 aromatic carbocycles. The molecule has 0 N–H and O–H groups in total. The van der Waals surface area contributed by atoms with Gasteiger partial charge >= 0.3 is 0 Å². The van der Waals surface area contributed by atoms with Gasteiger partial charge in [-0.15, -0.1) is 0 Å². The molecule has 1 aliphatic heterocycles. The van der Waals surface area contributed by atoms with Crippen molar-refractivity contribution in [1.29, 1.82) is 0 Å². The second kappa shape index (κ2) is 7.27. The van der Waals surface area contributed by atoms with E-state index in [0.29, 0.717) is 6.10 Å². The third-order valence-corrected chi connectivity index (χ3v) is 4.27. The maximum Gasteiger partial charge on any atom is 0.133 e. The Bertz CT molecular complexity index is 403. The maximum atomic E-state index is 5.85. The van der Waals surface area contributed by atoms with Gasteiger partial charge in [0, 0.05) is 26.7 Å². The molecule has 3 nitrogen and oxygen atoms in total. The number of nitrogens with zero attached hydrogens (tertiary/aromatic N) is 1. The minimum Gasteiger partial charge on any atom is -0.491 e. The van der Waals surface area contributed by atoms with Crippen molar-refractivity contribution in [3.63, 3.8) is 0 Å². The van der Waals surface area contributed by atoms with E-state index in [1.807, 2.05) is 6.07 Å². The van der Waals surface area contributed by atoms with E-state index in [1.54, 1.807) is 7.11 Å². The largest absolute Gasteiger partial charge is 0.491 e. The van der Waals surface area contributed by atoms with Crippen LogP contribution in [0.15, 0.2) is 22.7 Å². The Kier molecular flexibility index (Phi) is 5.67. The van der Waals surface area contributed by atoms with Crippen molar-refractivity contribution >= 4 is 15.9 Å². The molecule has 0 spiro atoms. The van der Waals surface area contributed by atoms with Gasteiger partial charge < -0.3 is 9.47 Å². The van der Waals surface area contributed by atoms with Crippen LogP contribution in [-0.4, -0.2) is 44.4 Å². The highest BCUT2D eigenvalue weighted by Gasteiger charge is 2.18. The predicted molar refractivity (Wildman–Crippen MR) is 80.8 cm³/mol. The summed E-state index contributed by atoms with van der Waals surface area (Å²) in [6.45, 7) is 6.01. The molecule has 1 saturated heterocycles. The summed E-state index contributed by atoms with van der Waals surface area (Å²) in [5, 5.41) is 0. The molecule has 0 atom stereocenters. The van der Waals surface area contributed by atoms with Gasteiger partial charge in [0.2, 0.25) is 0 Å². The molecule has 4 heteroatoms. The van der Waals surface area contributed by atoms with Crippen LogP contribution in [0.2, 0.25) is 0 Å². The first kappa shape index (κ1) is 14.8. The Morgan fingerprint density at radius 3 is 2.74 bits per heavy atom. The fraction of sp³-hybridized carbons (Fsp3) is 0.600. The Labute approximate surface area is 124 Å². The van der Waals surface area contributed by atoms with Gasteiger partial charge in [-0.1, -0.05) is 6.07 Å². The van der Waals surface area contributed by atoms with Gasteiger partial charge in [0.1, 0.15) is 12.4 Å². The van der Waals surface area contributed by atoms with Gasteiger partial charge in [-0.2, -0.15) is 0 Å². The van der Waals surface area contributed by atoms with Crippen LogP contribution in [0.1, 0.15) is 18.4 Å². The van der Waals surface area contributed by atoms with Crippen molar-refractivity contribution in [2.24, 2.45) is 0 Å². The molecule has 0 amide bonds. The number of methoxy groups -OCH3 is 1. The Morgan fingerprint density at radius 1 is 1.32 bits per heavy atom. The molecule has 2 rings (SSSR count). The number of ether oxygens (including phenoxy) is 2. The number of piperidine rings is 1. The molecule has 0 saturated carbocycles. The highest BCUT2D eigenvalue weighted by Crippen LogP contribution is 2.25. The minimum absolute atomic E-state index is 0.447. The standard InChI is InChI=1S/C15H22BrNO2/c1-12-3-4-14(16)15(11-12)19-10-9-17-7-5-13(18-2)6-8-17/h3-4,11,13H,5-10H2,1-2H3. The van der Waals surface area contributed by atoms with Crippen molar-refractivity contribution in [1.82, 2.24) is 4.90 Å². The number of halogens is 1. The van der Waals surface area contributed by atoms with Crippen LogP contribution in [0, 0.1) is 6.92 Å². The van der Waals surface area contributed by atoms with E-state index >= 15 is 0 Å². The minimum atomic E-state index is 0.447. The quantitative estimate of drug-likeness (QED) is 0.828. The Morgan fingerprint density at radius 2 is 2.05 bits per heavy atom. The molecule has 0 aliphatic carbocycles. The van der Waals surface area contributed by atoms with Crippen LogP contribution in [0.4, 0.5) is 0 Å². The highest BCUT2D eigenvalue weighted by molar-refractivity contribution is 9.10. The number of hydrogen-bond donors (Lipinski definition) is 0. The summed E-state index contributed by atoms with van der Waals surface area (Å²) in [5.74, 6) is 0.937. The average molecular weight is 328 g/mol. The highest BCUT2D eigenvalue weighted by atomic mass is 79.9. The lowest BCUT2D eigenvalue weighted by Crippen LogP contribution is -2.38. The maximum absolute atomic E-state index is 5.85. The van der Waals surface area contributed by atoms with E-state index in [1.165, 1.54) is 5.56 Å². The Hall–Kier alpha value is -0.580. The average Bonchev–Trinajstić information content (AvgIpc) is 2.43. The number of benzene rings is 1. The summed E-state index contributed by atoms with van der Waals surface area (Å²) in [6.07, 6.45) is 2.71. The van der Waals surface area contributed by atoms with Gasteiger partial charge in [-0.25, -0.2) is 0 Å². The third-order valence-electron chi connectivity index (χ3n) is 3.62. The van der Waals surface area contributed by atoms with Gasteiger partial charge in [-0.3, -0.25) is 4.90 Å². The van der Waals surface area contributed by atoms with Crippen LogP contribution >= 0.6 is 15.9 Å². The first-order valence-electron chi connectivity index (χ1n) is 6.83. The van der Waals surface area contributed by atoms with Crippen LogP contribution in [0.25, 0.3) is 0 Å². The monoisotopic (exact) mass is 327 g/mol. The summed E-state index contributed by atoms with van der Waals surface area (Å²) in [7, 11) is 1.80. The fourth-order valence-corrected chi connectivity index (χ4v) is 2.74. The molecule has 0 unspecified atom stereocenters. The van der Waals surface area contributed by atoms with E-state index in [4.69, 9.17) is 9.47 Å². The zero-order valence-electron chi connectivity index (χ0n) is 11.7. The molecule has 19 heavy (non-hydrogen) atoms. The smallest absolute Gasteiger partial charge is 0.133 e. The third kappa shape index (κ3) is 4.48. The van der Waals surface area contributed by atoms with Crippen LogP contribution in [0.3, 0.4) is 0 Å². The summed E-state index contributed by atoms with van der Waals surface area (Å²) >= 11 is 3.52. The summed E-state index contributed by atoms with van der Waals surface area (Å²) < 4.78 is 12.3. The number of aryl methyl sites for hydroxylation is 1. The van der Waals surface area contributed by atoms with Gasteiger partial charge in [0.05, 0.1) is 10.6 Å². The second-order valence-electron chi connectivity index (χ2n) is 5.06. The van der Waals surface area contributed by atoms with Gasteiger partial charge in [0.15, 0.2) is 0 Å². The van der Waals surface area contributed by atoms with E-state index in [9.17, 15) is 0 Å². The topological polar surface area (TPSA) is 21.7 Å². The lowest BCUT2D eigenvalue weighted by Gasteiger charge is -2.30. The van der Waals surface area contributed by atoms with Crippen LogP contribution in [-0.2, 0) is 4.74 Å². The fourth-order valence-electron chi connectivity index (χ4n) is 2.37. The summed E-state index contributed by atoms with van der Waals surface area (Å²) in [5.41, 5.74) is 1.22. The van der Waals surface area contributed by atoms with Crippen molar-refractivity contribution in [2.75, 3.05) is 33.4 Å². The van der Waals surface area contributed by atoms with Crippen molar-refractivity contribution in [3.8, 4) is 5.75 Å². The predicted octanol–water partition coefficient (Wildman–Crippen LogP) is 3.25. The first-order chi connectivity index (χ1) is 9.19. The van der Waals surface area contributed by atoms with E-state index < -0.39 is 0 Å². The molecule has 106 valence electrons. The molecular weight excluding hydrogens is 306 g/mol. The Balaban J connectivity index is 1.73. The zero-order chi connectivity index (χ0) is 13.7. The SMILES string of the molecule is COC1CCN(CCOc2cc(C)ccc2Br)CC1. The molecule has 0 bridgehead atoms. The lowest BCUT2D eigenvalue weighted by molar-refractivity contribution is 0.0375. The van der Waals surface area contributed by atoms with Crippen molar-refractivity contribution in [2.45, 2.75) is 25.9 Å². The normalized spacial score (nSPS) is 17.6. The van der Waals surface area contributed by atoms with Crippen molar-refractivity contribution < 1.29 is 9.47 Å². The number of rotatable bonds is 5. The zero-order valence-corrected chi connectivity index (χ0v) is 13.3. The van der Waals surface area contributed by atoms with Gasteiger partial charge in [0.25, 0.3) is 0 Å². The van der Waals surface area contributed by atoms with Gasteiger partial charge in [-0.05, 0) is 53.4 Å². The molecule has 1 aliphatic rings. The molecule has 1 fully saturated rings. The van der Waals surface area contributed by atoms with E-state index in [2.05, 4.69) is 39.9 Å².